The Bertz CT molecular complexity index is 1160. The minimum absolute atomic E-state index is 0.615. The SMILES string of the molecule is C1=[C](Cc2ccc(OCc3ccccc3)cc2)[In]2/[C](=C3/CSCN3)c3ccc[c]2c31. The van der Waals surface area contributed by atoms with E-state index in [0.717, 1.165) is 23.8 Å². The van der Waals surface area contributed by atoms with E-state index in [0.29, 0.717) is 6.61 Å². The molecule has 4 bridgehead atoms. The summed E-state index contributed by atoms with van der Waals surface area (Å²) in [6, 6.07) is 26.1. The zero-order chi connectivity index (χ0) is 19.9. The average molecular weight is 511 g/mol. The summed E-state index contributed by atoms with van der Waals surface area (Å²) in [5, 5.41) is 3.67. The van der Waals surface area contributed by atoms with Gasteiger partial charge in [0.1, 0.15) is 0 Å². The number of rotatable bonds is 5. The number of thioether (sulfide) groups is 1. The molecular formula is C26H22InNOS. The number of allylic oxidation sites excluding steroid dienone is 1. The second kappa shape index (κ2) is 7.90. The molecule has 3 aliphatic rings. The van der Waals surface area contributed by atoms with Gasteiger partial charge in [0, 0.05) is 0 Å². The van der Waals surface area contributed by atoms with Crippen LogP contribution in [0.2, 0.25) is 0 Å². The molecule has 3 heterocycles. The van der Waals surface area contributed by atoms with Crippen LogP contribution in [0.4, 0.5) is 0 Å². The van der Waals surface area contributed by atoms with Crippen LogP contribution in [0.25, 0.3) is 9.41 Å². The Morgan fingerprint density at radius 2 is 1.77 bits per heavy atom. The van der Waals surface area contributed by atoms with Gasteiger partial charge in [-0.2, -0.15) is 0 Å². The molecule has 0 amide bonds. The average Bonchev–Trinajstić information content (AvgIpc) is 3.47. The van der Waals surface area contributed by atoms with Gasteiger partial charge >= 0.3 is 190 Å². The van der Waals surface area contributed by atoms with E-state index in [-0.39, 0.29) is 0 Å². The van der Waals surface area contributed by atoms with Gasteiger partial charge in [0.05, 0.1) is 0 Å². The zero-order valence-electron chi connectivity index (χ0n) is 16.7. The van der Waals surface area contributed by atoms with Gasteiger partial charge in [-0.25, -0.2) is 0 Å². The quantitative estimate of drug-likeness (QED) is 0.537. The van der Waals surface area contributed by atoms with E-state index in [4.69, 9.17) is 4.74 Å². The molecular weight excluding hydrogens is 489 g/mol. The molecule has 1 fully saturated rings. The van der Waals surface area contributed by atoms with Crippen LogP contribution in [0.3, 0.4) is 0 Å². The van der Waals surface area contributed by atoms with Crippen LogP contribution < -0.4 is 13.4 Å². The predicted octanol–water partition coefficient (Wildman–Crippen LogP) is 4.70. The molecule has 1 saturated heterocycles. The first kappa shape index (κ1) is 18.7. The Morgan fingerprint density at radius 1 is 0.900 bits per heavy atom. The molecule has 3 aromatic rings. The van der Waals surface area contributed by atoms with Crippen LogP contribution in [0.1, 0.15) is 22.3 Å². The summed E-state index contributed by atoms with van der Waals surface area (Å²) in [4.78, 5) is 0. The number of hydrogen-bond acceptors (Lipinski definition) is 3. The summed E-state index contributed by atoms with van der Waals surface area (Å²) in [6.45, 7) is 0.615. The summed E-state index contributed by atoms with van der Waals surface area (Å²) in [7, 11) is 0. The van der Waals surface area contributed by atoms with E-state index in [9.17, 15) is 0 Å². The molecule has 0 saturated carbocycles. The van der Waals surface area contributed by atoms with E-state index in [2.05, 4.69) is 78.1 Å². The molecule has 0 unspecified atom stereocenters. The van der Waals surface area contributed by atoms with E-state index in [1.807, 2.05) is 17.8 Å². The van der Waals surface area contributed by atoms with E-state index in [1.54, 1.807) is 9.98 Å². The fourth-order valence-electron chi connectivity index (χ4n) is 4.88. The maximum atomic E-state index is 5.96. The molecule has 4 heteroatoms. The molecule has 3 aromatic carbocycles. The van der Waals surface area contributed by atoms with Crippen LogP contribution in [0, 0.1) is 0 Å². The van der Waals surface area contributed by atoms with Crippen LogP contribution in [-0.4, -0.2) is 33.1 Å². The molecule has 0 radical (unpaired) electrons. The van der Waals surface area contributed by atoms with Crippen LogP contribution in [-0.2, 0) is 13.0 Å². The van der Waals surface area contributed by atoms with E-state index >= 15 is 0 Å². The van der Waals surface area contributed by atoms with Crippen LogP contribution in [0.5, 0.6) is 5.75 Å². The van der Waals surface area contributed by atoms with Crippen molar-refractivity contribution >= 4 is 45.9 Å². The fourth-order valence-corrected chi connectivity index (χ4v) is 17.1. The molecule has 30 heavy (non-hydrogen) atoms. The number of nitrogens with one attached hydrogen (secondary N) is 1. The molecule has 6 rings (SSSR count). The number of hydrogen-bond donors (Lipinski definition) is 1. The first-order valence-corrected chi connectivity index (χ1v) is 16.6. The fraction of sp³-hybridized carbons (Fsp3) is 0.154. The monoisotopic (exact) mass is 511 g/mol. The molecule has 2 nitrogen and oxygen atoms in total. The Balaban J connectivity index is 1.20. The molecule has 0 aromatic heterocycles. The second-order valence-electron chi connectivity index (χ2n) is 8.12. The normalized spacial score (nSPS) is 18.5. The Hall–Kier alpha value is -2.04. The van der Waals surface area contributed by atoms with Crippen molar-refractivity contribution in [2.75, 3.05) is 11.6 Å². The Morgan fingerprint density at radius 3 is 2.53 bits per heavy atom. The van der Waals surface area contributed by atoms with Crippen molar-refractivity contribution in [1.29, 1.82) is 0 Å². The molecule has 0 atom stereocenters. The third-order valence-electron chi connectivity index (χ3n) is 6.27. The molecule has 3 aliphatic heterocycles. The van der Waals surface area contributed by atoms with Crippen molar-refractivity contribution in [3.8, 4) is 5.75 Å². The molecule has 146 valence electrons. The minimum atomic E-state index is -2.12. The summed E-state index contributed by atoms with van der Waals surface area (Å²) in [5.74, 6) is 3.16. The number of ether oxygens (including phenoxy) is 1. The van der Waals surface area contributed by atoms with Gasteiger partial charge in [0.15, 0.2) is 0 Å². The summed E-state index contributed by atoms with van der Waals surface area (Å²) in [6.07, 6.45) is 3.61. The summed E-state index contributed by atoms with van der Waals surface area (Å²) < 4.78 is 11.1. The first-order chi connectivity index (χ1) is 14.9. The predicted molar refractivity (Wildman–Crippen MR) is 128 cm³/mol. The van der Waals surface area contributed by atoms with Crippen molar-refractivity contribution in [2.24, 2.45) is 0 Å². The van der Waals surface area contributed by atoms with Gasteiger partial charge in [-0.15, -0.1) is 0 Å². The number of benzene rings is 3. The third kappa shape index (κ3) is 3.30. The second-order valence-corrected chi connectivity index (χ2v) is 17.1. The van der Waals surface area contributed by atoms with Gasteiger partial charge in [-0.1, -0.05) is 0 Å². The summed E-state index contributed by atoms with van der Waals surface area (Å²) in [5.41, 5.74) is 7.19. The van der Waals surface area contributed by atoms with Gasteiger partial charge in [0.2, 0.25) is 0 Å². The van der Waals surface area contributed by atoms with E-state index < -0.39 is 21.4 Å². The molecule has 1 N–H and O–H groups in total. The van der Waals surface area contributed by atoms with Gasteiger partial charge < -0.3 is 0 Å². The van der Waals surface area contributed by atoms with Crippen molar-refractivity contribution in [3.05, 3.63) is 104 Å². The van der Waals surface area contributed by atoms with Gasteiger partial charge in [0.25, 0.3) is 0 Å². The Labute approximate surface area is 189 Å². The Kier molecular flexibility index (Phi) is 4.93. The molecule has 0 aliphatic carbocycles. The van der Waals surface area contributed by atoms with Crippen molar-refractivity contribution in [1.82, 2.24) is 5.32 Å². The molecule has 0 spiro atoms. The standard InChI is InChI=1S/C26H22NOS.In/c1-2-7-22(8-3-1)18-28-26-15-13-21(14-16-26)9-6-12-23-10-4-5-11-24(23)17-25-19-29-20-27-25;/h1-5,7-8,11-16,27H,9,18-20H2;. The van der Waals surface area contributed by atoms with E-state index in [1.165, 1.54) is 28.0 Å². The van der Waals surface area contributed by atoms with Crippen LogP contribution in [0.15, 0.2) is 81.8 Å². The maximum absolute atomic E-state index is 5.96. The zero-order valence-corrected chi connectivity index (χ0v) is 20.8. The van der Waals surface area contributed by atoms with Gasteiger partial charge in [-0.3, -0.25) is 0 Å². The van der Waals surface area contributed by atoms with Crippen molar-refractivity contribution < 1.29 is 4.74 Å². The topological polar surface area (TPSA) is 21.3 Å². The van der Waals surface area contributed by atoms with Gasteiger partial charge in [-0.05, 0) is 0 Å². The summed E-state index contributed by atoms with van der Waals surface area (Å²) >= 11 is -0.117. The third-order valence-corrected chi connectivity index (χ3v) is 17.0. The van der Waals surface area contributed by atoms with Crippen molar-refractivity contribution in [2.45, 2.75) is 13.0 Å². The van der Waals surface area contributed by atoms with Crippen LogP contribution >= 0.6 is 11.8 Å². The first-order valence-electron chi connectivity index (χ1n) is 10.5. The van der Waals surface area contributed by atoms with Crippen molar-refractivity contribution in [3.63, 3.8) is 0 Å².